The van der Waals surface area contributed by atoms with E-state index < -0.39 is 92.8 Å². The summed E-state index contributed by atoms with van der Waals surface area (Å²) in [5.41, 5.74) is 0.0137. The van der Waals surface area contributed by atoms with Crippen LogP contribution in [0.25, 0.3) is 0 Å². The van der Waals surface area contributed by atoms with E-state index in [-0.39, 0.29) is 46.8 Å². The Bertz CT molecular complexity index is 1930. The van der Waals surface area contributed by atoms with Crippen LogP contribution >= 0.6 is 23.2 Å². The number of nitrogens with one attached hydrogen (secondary N) is 6. The first kappa shape index (κ1) is 48.7. The molecule has 1 heterocycles. The van der Waals surface area contributed by atoms with Gasteiger partial charge in [-0.2, -0.15) is 0 Å². The van der Waals surface area contributed by atoms with Gasteiger partial charge in [-0.3, -0.25) is 38.5 Å². The number of sulfonamides is 1. The van der Waals surface area contributed by atoms with Crippen molar-refractivity contribution in [2.75, 3.05) is 6.54 Å². The first-order valence-electron chi connectivity index (χ1n) is 19.7. The summed E-state index contributed by atoms with van der Waals surface area (Å²) < 4.78 is 27.1. The maximum Gasteiger partial charge on any atom is 0.290 e. The Kier molecular flexibility index (Phi) is 19.1. The normalized spacial score (nSPS) is 15.7. The molecule has 17 nitrogen and oxygen atoms in total. The second-order valence-corrected chi connectivity index (χ2v) is 17.5. The predicted octanol–water partition coefficient (Wildman–Crippen LogP) is 3.00. The number of Topliss-reactive ketones (excluding diaryl/α,β-unsaturated/α-hetero) is 1. The maximum atomic E-state index is 14.1. The molecule has 0 bridgehead atoms. The molecule has 3 rings (SSSR count). The summed E-state index contributed by atoms with van der Waals surface area (Å²) in [7, 11) is -4.48. The van der Waals surface area contributed by atoms with Crippen molar-refractivity contribution in [3.63, 3.8) is 0 Å². The molecule has 0 aliphatic heterocycles. The van der Waals surface area contributed by atoms with Gasteiger partial charge in [0.05, 0.1) is 23.8 Å². The van der Waals surface area contributed by atoms with Crippen LogP contribution in [0, 0.1) is 17.8 Å². The zero-order chi connectivity index (χ0) is 43.9. The number of carbonyl (C=O) groups excluding carboxylic acids is 7. The number of carbonyl (C=O) groups is 7. The first-order valence-corrected chi connectivity index (χ1v) is 21.9. The summed E-state index contributed by atoms with van der Waals surface area (Å²) in [5.74, 6) is -6.51. The van der Waals surface area contributed by atoms with Gasteiger partial charge in [-0.1, -0.05) is 96.3 Å². The molecule has 0 spiro atoms. The van der Waals surface area contributed by atoms with Gasteiger partial charge in [0, 0.05) is 17.4 Å². The van der Waals surface area contributed by atoms with Crippen molar-refractivity contribution < 1.29 is 42.0 Å². The number of amides is 6. The smallest absolute Gasteiger partial charge is 0.290 e. The Labute approximate surface area is 354 Å². The van der Waals surface area contributed by atoms with E-state index in [9.17, 15) is 42.0 Å². The Hall–Kier alpha value is -4.68. The Morgan fingerprint density at radius 3 is 2.08 bits per heavy atom. The Morgan fingerprint density at radius 1 is 0.814 bits per heavy atom. The van der Waals surface area contributed by atoms with Gasteiger partial charge >= 0.3 is 0 Å². The topological polar surface area (TPSA) is 252 Å². The molecule has 59 heavy (non-hydrogen) atoms. The van der Waals surface area contributed by atoms with Gasteiger partial charge in [0.25, 0.3) is 27.7 Å². The maximum absolute atomic E-state index is 14.1. The highest BCUT2D eigenvalue weighted by Crippen LogP contribution is 2.28. The number of rotatable bonds is 21. The van der Waals surface area contributed by atoms with Crippen molar-refractivity contribution in [2.24, 2.45) is 17.8 Å². The Morgan fingerprint density at radius 2 is 1.47 bits per heavy atom. The number of halogens is 2. The van der Waals surface area contributed by atoms with Gasteiger partial charge < -0.3 is 26.6 Å². The van der Waals surface area contributed by atoms with Crippen LogP contribution in [-0.4, -0.2) is 90.3 Å². The first-order chi connectivity index (χ1) is 27.9. The molecule has 1 unspecified atom stereocenters. The molecule has 6 N–H and O–H groups in total. The molecule has 1 fully saturated rings. The van der Waals surface area contributed by atoms with Crippen LogP contribution in [-0.2, 0) is 38.8 Å². The Balaban J connectivity index is 1.73. The van der Waals surface area contributed by atoms with Gasteiger partial charge in [-0.25, -0.2) is 18.1 Å². The third kappa shape index (κ3) is 15.1. The molecular weight excluding hydrogens is 827 g/mol. The lowest BCUT2D eigenvalue weighted by molar-refractivity contribution is -0.141. The number of hydrogen-bond acceptors (Lipinski definition) is 11. The zero-order valence-electron chi connectivity index (χ0n) is 33.8. The lowest BCUT2D eigenvalue weighted by Crippen LogP contribution is -2.60. The highest BCUT2D eigenvalue weighted by molar-refractivity contribution is 7.90. The van der Waals surface area contributed by atoms with Crippen LogP contribution in [0.15, 0.2) is 41.7 Å². The van der Waals surface area contributed by atoms with Crippen LogP contribution in [0.3, 0.4) is 0 Å². The molecule has 0 saturated heterocycles. The van der Waals surface area contributed by atoms with Crippen molar-refractivity contribution in [3.8, 4) is 0 Å². The van der Waals surface area contributed by atoms with Crippen LogP contribution in [0.2, 0.25) is 10.0 Å². The highest BCUT2D eigenvalue weighted by atomic mass is 35.5. The van der Waals surface area contributed by atoms with Gasteiger partial charge in [0.15, 0.2) is 0 Å². The van der Waals surface area contributed by atoms with Crippen LogP contribution in [0.1, 0.15) is 103 Å². The van der Waals surface area contributed by atoms with Crippen molar-refractivity contribution in [3.05, 3.63) is 52.5 Å². The summed E-state index contributed by atoms with van der Waals surface area (Å²) in [4.78, 5) is 101. The second-order valence-electron chi connectivity index (χ2n) is 15.0. The number of hydrogen-bond donors (Lipinski definition) is 6. The minimum absolute atomic E-state index is 0.0137. The van der Waals surface area contributed by atoms with Gasteiger partial charge in [0.1, 0.15) is 28.7 Å². The summed E-state index contributed by atoms with van der Waals surface area (Å²) >= 11 is 11.8. The minimum atomic E-state index is -4.48. The van der Waals surface area contributed by atoms with E-state index in [0.717, 1.165) is 38.2 Å². The molecule has 1 aliphatic carbocycles. The van der Waals surface area contributed by atoms with E-state index in [4.69, 9.17) is 23.2 Å². The van der Waals surface area contributed by atoms with Crippen LogP contribution in [0.5, 0.6) is 0 Å². The molecule has 6 amide bonds. The molecule has 1 saturated carbocycles. The lowest BCUT2D eigenvalue weighted by atomic mass is 9.84. The molecule has 1 aromatic heterocycles. The highest BCUT2D eigenvalue weighted by Gasteiger charge is 2.36. The lowest BCUT2D eigenvalue weighted by Gasteiger charge is -2.31. The predicted molar refractivity (Wildman–Crippen MR) is 219 cm³/mol. The van der Waals surface area contributed by atoms with Gasteiger partial charge in [-0.15, -0.1) is 0 Å². The number of ketones is 1. The van der Waals surface area contributed by atoms with Gasteiger partial charge in [-0.05, 0) is 55.2 Å². The van der Waals surface area contributed by atoms with Crippen molar-refractivity contribution >= 4 is 74.5 Å². The standard InChI is InChI=1S/C39H54Cl2N8O9S/c1-6-23(5)33(48-36(53)28(17-22(3)4)46-37(54)30-20-42-15-16-43-30)38(55)47-29(18-24-11-9-8-10-12-24)35(52)45-27(7-2)34(51)39(56)44-21-32(50)49-59(57,58)31-19-25(40)13-14-26(31)41/h13-16,19-20,22-24,27-29,33H,6-12,17-18,21H2,1-5H3,(H,44,56)(H,45,52)(H,46,54)(H,47,55)(H,48,53)(H,49,50)/t23-,27?,28-,29-,33-/m0/s1. The summed E-state index contributed by atoms with van der Waals surface area (Å²) in [6, 6.07) is -1.04. The largest absolute Gasteiger partial charge is 0.344 e. The average molecular weight is 882 g/mol. The molecule has 2 aromatic rings. The van der Waals surface area contributed by atoms with E-state index in [0.29, 0.717) is 6.42 Å². The number of nitrogens with zero attached hydrogens (tertiary/aromatic N) is 2. The summed E-state index contributed by atoms with van der Waals surface area (Å²) in [5, 5.41) is 12.8. The summed E-state index contributed by atoms with van der Waals surface area (Å²) in [6.07, 6.45) is 9.47. The molecule has 1 aliphatic rings. The van der Waals surface area contributed by atoms with E-state index in [1.165, 1.54) is 30.7 Å². The van der Waals surface area contributed by atoms with Crippen LogP contribution < -0.4 is 31.3 Å². The molecule has 5 atom stereocenters. The fourth-order valence-corrected chi connectivity index (χ4v) is 8.26. The van der Waals surface area contributed by atoms with Crippen molar-refractivity contribution in [1.82, 2.24) is 41.3 Å². The summed E-state index contributed by atoms with van der Waals surface area (Å²) in [6.45, 7) is 8.00. The monoisotopic (exact) mass is 880 g/mol. The van der Waals surface area contributed by atoms with E-state index in [1.54, 1.807) is 18.6 Å². The third-order valence-corrected chi connectivity index (χ3v) is 12.0. The fourth-order valence-electron chi connectivity index (χ4n) is 6.51. The number of benzene rings is 1. The zero-order valence-corrected chi connectivity index (χ0v) is 36.1. The minimum Gasteiger partial charge on any atom is -0.344 e. The SMILES string of the molecule is CCC(NC(=O)[C@H](CC1CCCCC1)NC(=O)[C@@H](NC(=O)[C@H](CC(C)C)NC(=O)c1cnccn1)[C@@H](C)CC)C(=O)C(=O)NCC(=O)NS(=O)(=O)c1cc(Cl)ccc1Cl. The number of aromatic nitrogens is 2. The van der Waals surface area contributed by atoms with E-state index in [2.05, 4.69) is 36.6 Å². The van der Waals surface area contributed by atoms with E-state index >= 15 is 0 Å². The third-order valence-electron chi connectivity index (χ3n) is 9.95. The fraction of sp³-hybridized carbons (Fsp3) is 0.564. The average Bonchev–Trinajstić information content (AvgIpc) is 3.20. The van der Waals surface area contributed by atoms with Gasteiger partial charge in [0.2, 0.25) is 23.5 Å². The second kappa shape index (κ2) is 23.2. The molecular formula is C39H54Cl2N8O9S. The van der Waals surface area contributed by atoms with Crippen LogP contribution in [0.4, 0.5) is 0 Å². The van der Waals surface area contributed by atoms with Crippen molar-refractivity contribution in [2.45, 2.75) is 121 Å². The molecule has 324 valence electrons. The quantitative estimate of drug-likeness (QED) is 0.0995. The van der Waals surface area contributed by atoms with Crippen molar-refractivity contribution in [1.29, 1.82) is 0 Å². The van der Waals surface area contributed by atoms with E-state index in [1.807, 2.05) is 20.8 Å². The molecule has 1 aromatic carbocycles. The molecule has 20 heteroatoms. The molecule has 0 radical (unpaired) electrons.